The van der Waals surface area contributed by atoms with Crippen LogP contribution in [0.5, 0.6) is 0 Å². The minimum atomic E-state index is 0.742. The highest BCUT2D eigenvalue weighted by atomic mass is 16.5. The molecule has 1 saturated heterocycles. The SMILES string of the molecule is COCCNCc1cnc(N2CCCN(C)CC2)c(C)c1. The molecule has 0 spiro atoms. The van der Waals surface area contributed by atoms with Gasteiger partial charge in [0.2, 0.25) is 0 Å². The van der Waals surface area contributed by atoms with Gasteiger partial charge in [-0.3, -0.25) is 0 Å². The summed E-state index contributed by atoms with van der Waals surface area (Å²) >= 11 is 0. The fourth-order valence-corrected chi connectivity index (χ4v) is 2.72. The predicted octanol–water partition coefficient (Wildman–Crippen LogP) is 1.27. The maximum Gasteiger partial charge on any atom is 0.131 e. The lowest BCUT2D eigenvalue weighted by molar-refractivity contribution is 0.199. The molecule has 0 bridgehead atoms. The lowest BCUT2D eigenvalue weighted by Gasteiger charge is -2.23. The van der Waals surface area contributed by atoms with Gasteiger partial charge in [-0.1, -0.05) is 0 Å². The molecule has 5 heteroatoms. The summed E-state index contributed by atoms with van der Waals surface area (Å²) in [6, 6.07) is 2.25. The molecule has 5 nitrogen and oxygen atoms in total. The highest BCUT2D eigenvalue weighted by molar-refractivity contribution is 5.47. The molecule has 1 aliphatic heterocycles. The molecule has 0 aromatic carbocycles. The fourth-order valence-electron chi connectivity index (χ4n) is 2.72. The summed E-state index contributed by atoms with van der Waals surface area (Å²) < 4.78 is 5.03. The zero-order valence-corrected chi connectivity index (χ0v) is 13.6. The van der Waals surface area contributed by atoms with E-state index < -0.39 is 0 Å². The number of nitrogens with zero attached hydrogens (tertiary/aromatic N) is 3. The van der Waals surface area contributed by atoms with Crippen molar-refractivity contribution in [1.29, 1.82) is 0 Å². The number of pyridine rings is 1. The van der Waals surface area contributed by atoms with E-state index in [4.69, 9.17) is 9.72 Å². The Kier molecular flexibility index (Phi) is 6.42. The van der Waals surface area contributed by atoms with Crippen LogP contribution in [-0.4, -0.2) is 63.4 Å². The first-order chi connectivity index (χ1) is 10.2. The number of nitrogens with one attached hydrogen (secondary N) is 1. The van der Waals surface area contributed by atoms with Gasteiger partial charge < -0.3 is 19.9 Å². The van der Waals surface area contributed by atoms with Gasteiger partial charge in [0.05, 0.1) is 6.61 Å². The van der Waals surface area contributed by atoms with Crippen molar-refractivity contribution in [1.82, 2.24) is 15.2 Å². The molecular formula is C16H28N4O. The number of anilines is 1. The molecule has 2 heterocycles. The molecule has 0 amide bonds. The number of methoxy groups -OCH3 is 1. The van der Waals surface area contributed by atoms with Gasteiger partial charge in [0.25, 0.3) is 0 Å². The van der Waals surface area contributed by atoms with Crippen molar-refractivity contribution in [3.8, 4) is 0 Å². The first-order valence-electron chi connectivity index (χ1n) is 7.79. The third-order valence-corrected chi connectivity index (χ3v) is 3.94. The smallest absolute Gasteiger partial charge is 0.131 e. The minimum absolute atomic E-state index is 0.742. The van der Waals surface area contributed by atoms with Crippen LogP contribution >= 0.6 is 0 Å². The van der Waals surface area contributed by atoms with Crippen molar-refractivity contribution >= 4 is 5.82 Å². The molecule has 1 aliphatic rings. The Morgan fingerprint density at radius 2 is 2.14 bits per heavy atom. The van der Waals surface area contributed by atoms with E-state index in [1.54, 1.807) is 7.11 Å². The number of hydrogen-bond donors (Lipinski definition) is 1. The van der Waals surface area contributed by atoms with E-state index in [-0.39, 0.29) is 0 Å². The summed E-state index contributed by atoms with van der Waals surface area (Å²) in [7, 11) is 3.92. The van der Waals surface area contributed by atoms with Gasteiger partial charge in [0.1, 0.15) is 5.82 Å². The van der Waals surface area contributed by atoms with Crippen LogP contribution in [0.25, 0.3) is 0 Å². The summed E-state index contributed by atoms with van der Waals surface area (Å²) in [5.74, 6) is 1.14. The number of ether oxygens (including phenoxy) is 1. The number of aryl methyl sites for hydroxylation is 1. The van der Waals surface area contributed by atoms with Crippen molar-refractivity contribution in [2.45, 2.75) is 19.9 Å². The van der Waals surface area contributed by atoms with Crippen molar-refractivity contribution in [2.24, 2.45) is 0 Å². The molecule has 118 valence electrons. The molecule has 2 rings (SSSR count). The van der Waals surface area contributed by atoms with Crippen LogP contribution in [0.2, 0.25) is 0 Å². The maximum absolute atomic E-state index is 5.03. The van der Waals surface area contributed by atoms with E-state index >= 15 is 0 Å². The lowest BCUT2D eigenvalue weighted by atomic mass is 10.2. The maximum atomic E-state index is 5.03. The Hall–Kier alpha value is -1.17. The normalized spacial score (nSPS) is 17.0. The molecule has 1 aromatic heterocycles. The Morgan fingerprint density at radius 1 is 1.29 bits per heavy atom. The largest absolute Gasteiger partial charge is 0.383 e. The second-order valence-corrected chi connectivity index (χ2v) is 5.80. The zero-order chi connectivity index (χ0) is 15.1. The molecule has 1 fully saturated rings. The topological polar surface area (TPSA) is 40.6 Å². The van der Waals surface area contributed by atoms with Gasteiger partial charge in [0.15, 0.2) is 0 Å². The Balaban J connectivity index is 1.95. The summed E-state index contributed by atoms with van der Waals surface area (Å²) in [4.78, 5) is 9.51. The predicted molar refractivity (Wildman–Crippen MR) is 86.9 cm³/mol. The Morgan fingerprint density at radius 3 is 2.90 bits per heavy atom. The first-order valence-corrected chi connectivity index (χ1v) is 7.79. The summed E-state index contributed by atoms with van der Waals surface area (Å²) in [6.45, 7) is 9.08. The summed E-state index contributed by atoms with van der Waals surface area (Å²) in [6.07, 6.45) is 3.20. The van der Waals surface area contributed by atoms with E-state index in [0.717, 1.165) is 45.1 Å². The molecular weight excluding hydrogens is 264 g/mol. The third-order valence-electron chi connectivity index (χ3n) is 3.94. The number of likely N-dealkylation sites (N-methyl/N-ethyl adjacent to an activating group) is 1. The van der Waals surface area contributed by atoms with E-state index in [0.29, 0.717) is 0 Å². The first kappa shape index (κ1) is 16.2. The molecule has 1 N–H and O–H groups in total. The van der Waals surface area contributed by atoms with Crippen LogP contribution < -0.4 is 10.2 Å². The summed E-state index contributed by atoms with van der Waals surface area (Å²) in [5.41, 5.74) is 2.50. The quantitative estimate of drug-likeness (QED) is 0.800. The third kappa shape index (κ3) is 4.95. The van der Waals surface area contributed by atoms with Crippen molar-refractivity contribution in [3.05, 3.63) is 23.4 Å². The van der Waals surface area contributed by atoms with Crippen LogP contribution in [0.3, 0.4) is 0 Å². The average molecular weight is 292 g/mol. The highest BCUT2D eigenvalue weighted by Crippen LogP contribution is 2.19. The van der Waals surface area contributed by atoms with Crippen LogP contribution in [0.15, 0.2) is 12.3 Å². The monoisotopic (exact) mass is 292 g/mol. The van der Waals surface area contributed by atoms with Crippen LogP contribution in [0.4, 0.5) is 5.82 Å². The number of hydrogen-bond acceptors (Lipinski definition) is 5. The van der Waals surface area contributed by atoms with Crippen LogP contribution in [0.1, 0.15) is 17.5 Å². The van der Waals surface area contributed by atoms with E-state index in [2.05, 4.69) is 35.2 Å². The van der Waals surface area contributed by atoms with Crippen molar-refractivity contribution in [3.63, 3.8) is 0 Å². The molecule has 0 aliphatic carbocycles. The molecule has 0 radical (unpaired) electrons. The van der Waals surface area contributed by atoms with Crippen LogP contribution in [0, 0.1) is 6.92 Å². The zero-order valence-electron chi connectivity index (χ0n) is 13.6. The Bertz CT molecular complexity index is 438. The van der Waals surface area contributed by atoms with Gasteiger partial charge in [-0.15, -0.1) is 0 Å². The fraction of sp³-hybridized carbons (Fsp3) is 0.688. The van der Waals surface area contributed by atoms with Gasteiger partial charge in [-0.05, 0) is 44.1 Å². The van der Waals surface area contributed by atoms with Gasteiger partial charge in [-0.2, -0.15) is 0 Å². The second kappa shape index (κ2) is 8.32. The van der Waals surface area contributed by atoms with E-state index in [1.165, 1.54) is 24.1 Å². The molecule has 0 unspecified atom stereocenters. The van der Waals surface area contributed by atoms with Crippen LogP contribution in [-0.2, 0) is 11.3 Å². The molecule has 0 atom stereocenters. The number of rotatable bonds is 6. The average Bonchev–Trinajstić information content (AvgIpc) is 2.69. The standard InChI is InChI=1S/C16H28N4O/c1-14-11-15(12-17-5-10-21-3)13-18-16(14)20-7-4-6-19(2)8-9-20/h11,13,17H,4-10,12H2,1-3H3. The summed E-state index contributed by atoms with van der Waals surface area (Å²) in [5, 5.41) is 3.36. The van der Waals surface area contributed by atoms with Gasteiger partial charge in [0, 0.05) is 46.0 Å². The van der Waals surface area contributed by atoms with Gasteiger partial charge >= 0.3 is 0 Å². The Labute approximate surface area is 128 Å². The van der Waals surface area contributed by atoms with Gasteiger partial charge in [-0.25, -0.2) is 4.98 Å². The van der Waals surface area contributed by atoms with Crippen molar-refractivity contribution < 1.29 is 4.74 Å². The minimum Gasteiger partial charge on any atom is -0.383 e. The highest BCUT2D eigenvalue weighted by Gasteiger charge is 2.15. The molecule has 1 aromatic rings. The second-order valence-electron chi connectivity index (χ2n) is 5.80. The van der Waals surface area contributed by atoms with E-state index in [1.807, 2.05) is 6.20 Å². The number of aromatic nitrogens is 1. The van der Waals surface area contributed by atoms with E-state index in [9.17, 15) is 0 Å². The lowest BCUT2D eigenvalue weighted by Crippen LogP contribution is -2.30. The molecule has 21 heavy (non-hydrogen) atoms. The van der Waals surface area contributed by atoms with Crippen molar-refractivity contribution in [2.75, 3.05) is 58.4 Å². The molecule has 0 saturated carbocycles.